The number of rotatable bonds is 1. The molecule has 2 aliphatic heterocycles. The molecule has 6 nitrogen and oxygen atoms in total. The van der Waals surface area contributed by atoms with E-state index in [1.807, 2.05) is 23.4 Å². The minimum Gasteiger partial charge on any atom is -0.377 e. The summed E-state index contributed by atoms with van der Waals surface area (Å²) in [6.45, 7) is 8.58. The number of carbonyl (C=O) groups excluding carboxylic acids is 1. The van der Waals surface area contributed by atoms with Crippen molar-refractivity contribution in [1.82, 2.24) is 14.8 Å². The number of aryl methyl sites for hydroxylation is 3. The standard InChI is InChI=1S/C20H27N3O3/c1-14-5-4-6-16-15(2)18(22(3)17(14)16)19(24)23-8-10-26-20(12-23)11-21-7-9-25-13-20/h4-6,21H,7-13H2,1-3H3/t20-/m0/s1. The predicted molar refractivity (Wildman–Crippen MR) is 101 cm³/mol. The number of carbonyl (C=O) groups is 1. The highest BCUT2D eigenvalue weighted by molar-refractivity contribution is 6.02. The number of hydrogen-bond donors (Lipinski definition) is 1. The molecule has 1 amide bonds. The van der Waals surface area contributed by atoms with Crippen molar-refractivity contribution in [2.24, 2.45) is 7.05 Å². The van der Waals surface area contributed by atoms with Crippen molar-refractivity contribution < 1.29 is 14.3 Å². The molecule has 0 aliphatic carbocycles. The fourth-order valence-electron chi connectivity index (χ4n) is 4.33. The molecule has 1 spiro atoms. The van der Waals surface area contributed by atoms with Crippen LogP contribution in [0.1, 0.15) is 21.6 Å². The minimum absolute atomic E-state index is 0.0764. The summed E-state index contributed by atoms with van der Waals surface area (Å²) < 4.78 is 13.8. The van der Waals surface area contributed by atoms with Gasteiger partial charge in [0.2, 0.25) is 0 Å². The first-order chi connectivity index (χ1) is 12.5. The van der Waals surface area contributed by atoms with Gasteiger partial charge in [-0.2, -0.15) is 0 Å². The van der Waals surface area contributed by atoms with E-state index >= 15 is 0 Å². The normalized spacial score (nSPS) is 24.2. The molecule has 3 heterocycles. The third kappa shape index (κ3) is 2.82. The Morgan fingerprint density at radius 1 is 1.27 bits per heavy atom. The summed E-state index contributed by atoms with van der Waals surface area (Å²) in [5, 5.41) is 4.52. The topological polar surface area (TPSA) is 55.7 Å². The van der Waals surface area contributed by atoms with Crippen molar-refractivity contribution in [3.8, 4) is 0 Å². The van der Waals surface area contributed by atoms with Crippen LogP contribution in [0.15, 0.2) is 18.2 Å². The van der Waals surface area contributed by atoms with Crippen molar-refractivity contribution in [1.29, 1.82) is 0 Å². The molecule has 2 aliphatic rings. The van der Waals surface area contributed by atoms with E-state index in [1.165, 1.54) is 5.56 Å². The number of amides is 1. The maximum Gasteiger partial charge on any atom is 0.270 e. The van der Waals surface area contributed by atoms with E-state index in [2.05, 4.69) is 30.4 Å². The summed E-state index contributed by atoms with van der Waals surface area (Å²) in [6.07, 6.45) is 0. The number of hydrogen-bond acceptors (Lipinski definition) is 4. The summed E-state index contributed by atoms with van der Waals surface area (Å²) >= 11 is 0. The highest BCUT2D eigenvalue weighted by Crippen LogP contribution is 2.29. The maximum atomic E-state index is 13.4. The second-order valence-electron chi connectivity index (χ2n) is 7.49. The molecule has 1 N–H and O–H groups in total. The van der Waals surface area contributed by atoms with Gasteiger partial charge >= 0.3 is 0 Å². The second-order valence-corrected chi connectivity index (χ2v) is 7.49. The maximum absolute atomic E-state index is 13.4. The highest BCUT2D eigenvalue weighted by Gasteiger charge is 2.40. The van der Waals surface area contributed by atoms with Crippen molar-refractivity contribution in [2.45, 2.75) is 19.4 Å². The first-order valence-electron chi connectivity index (χ1n) is 9.29. The van der Waals surface area contributed by atoms with Gasteiger partial charge in [-0.1, -0.05) is 18.2 Å². The average Bonchev–Trinajstić information content (AvgIpc) is 2.77. The van der Waals surface area contributed by atoms with Crippen molar-refractivity contribution >= 4 is 16.8 Å². The number of ether oxygens (including phenoxy) is 2. The van der Waals surface area contributed by atoms with Gasteiger partial charge in [0.1, 0.15) is 11.3 Å². The lowest BCUT2D eigenvalue weighted by atomic mass is 10.0. The van der Waals surface area contributed by atoms with E-state index in [0.717, 1.165) is 28.7 Å². The van der Waals surface area contributed by atoms with Crippen molar-refractivity contribution in [3.05, 3.63) is 35.0 Å². The monoisotopic (exact) mass is 357 g/mol. The van der Waals surface area contributed by atoms with Crippen LogP contribution in [0.3, 0.4) is 0 Å². The van der Waals surface area contributed by atoms with E-state index in [9.17, 15) is 4.79 Å². The summed E-state index contributed by atoms with van der Waals surface area (Å²) in [7, 11) is 1.99. The van der Waals surface area contributed by atoms with Gasteiger partial charge in [0.25, 0.3) is 5.91 Å². The van der Waals surface area contributed by atoms with E-state index in [1.54, 1.807) is 0 Å². The fourth-order valence-corrected chi connectivity index (χ4v) is 4.33. The largest absolute Gasteiger partial charge is 0.377 e. The van der Waals surface area contributed by atoms with E-state index < -0.39 is 5.60 Å². The number of aromatic nitrogens is 1. The quantitative estimate of drug-likeness (QED) is 0.843. The molecule has 1 aromatic carbocycles. The lowest BCUT2D eigenvalue weighted by molar-refractivity contribution is -0.125. The highest BCUT2D eigenvalue weighted by atomic mass is 16.5. The Morgan fingerprint density at radius 3 is 2.92 bits per heavy atom. The Balaban J connectivity index is 1.67. The van der Waals surface area contributed by atoms with Crippen molar-refractivity contribution in [2.75, 3.05) is 46.0 Å². The van der Waals surface area contributed by atoms with Crippen LogP contribution in [0, 0.1) is 13.8 Å². The van der Waals surface area contributed by atoms with E-state index in [-0.39, 0.29) is 5.91 Å². The van der Waals surface area contributed by atoms with Gasteiger partial charge in [0.05, 0.1) is 31.9 Å². The molecule has 140 valence electrons. The Morgan fingerprint density at radius 2 is 2.12 bits per heavy atom. The molecule has 26 heavy (non-hydrogen) atoms. The molecule has 4 rings (SSSR count). The molecule has 1 aromatic heterocycles. The zero-order chi connectivity index (χ0) is 18.3. The van der Waals surface area contributed by atoms with Gasteiger partial charge in [-0.05, 0) is 25.0 Å². The summed E-state index contributed by atoms with van der Waals surface area (Å²) in [6, 6.07) is 6.24. The number of benzene rings is 1. The van der Waals surface area contributed by atoms with Gasteiger partial charge < -0.3 is 24.3 Å². The van der Waals surface area contributed by atoms with Crippen LogP contribution in [0.5, 0.6) is 0 Å². The molecule has 2 fully saturated rings. The first-order valence-corrected chi connectivity index (χ1v) is 9.29. The van der Waals surface area contributed by atoms with Crippen LogP contribution < -0.4 is 5.32 Å². The third-order valence-electron chi connectivity index (χ3n) is 5.64. The van der Waals surface area contributed by atoms with Crippen LogP contribution in [0.25, 0.3) is 10.9 Å². The molecule has 0 saturated carbocycles. The van der Waals surface area contributed by atoms with Crippen molar-refractivity contribution in [3.63, 3.8) is 0 Å². The smallest absolute Gasteiger partial charge is 0.270 e. The lowest BCUT2D eigenvalue weighted by Crippen LogP contribution is -2.59. The van der Waals surface area contributed by atoms with E-state index in [0.29, 0.717) is 39.5 Å². The van der Waals surface area contributed by atoms with Crippen LogP contribution in [-0.2, 0) is 16.5 Å². The Labute approximate surface area is 154 Å². The van der Waals surface area contributed by atoms with Gasteiger partial charge in [-0.15, -0.1) is 0 Å². The van der Waals surface area contributed by atoms with E-state index in [4.69, 9.17) is 9.47 Å². The molecule has 2 saturated heterocycles. The number of para-hydroxylation sites is 1. The molecule has 0 unspecified atom stereocenters. The second kappa shape index (κ2) is 6.68. The average molecular weight is 357 g/mol. The van der Waals surface area contributed by atoms with Gasteiger partial charge in [0, 0.05) is 32.1 Å². The molecule has 1 atom stereocenters. The Bertz CT molecular complexity index is 834. The third-order valence-corrected chi connectivity index (χ3v) is 5.64. The van der Waals surface area contributed by atoms with Gasteiger partial charge in [-0.25, -0.2) is 0 Å². The number of fused-ring (bicyclic) bond motifs is 1. The SMILES string of the molecule is Cc1c(C(=O)N2CCO[C@@]3(CNCCOC3)C2)n(C)c2c(C)cccc12. The first kappa shape index (κ1) is 17.5. The molecule has 0 bridgehead atoms. The fraction of sp³-hybridized carbons (Fsp3) is 0.550. The summed E-state index contributed by atoms with van der Waals surface area (Å²) in [4.78, 5) is 15.3. The number of morpholine rings is 1. The lowest BCUT2D eigenvalue weighted by Gasteiger charge is -2.41. The number of nitrogens with zero attached hydrogens (tertiary/aromatic N) is 2. The molecular formula is C20H27N3O3. The van der Waals surface area contributed by atoms with Gasteiger partial charge in [0.15, 0.2) is 0 Å². The van der Waals surface area contributed by atoms with Crippen LogP contribution in [-0.4, -0.2) is 67.0 Å². The van der Waals surface area contributed by atoms with Crippen LogP contribution in [0.4, 0.5) is 0 Å². The molecule has 2 aromatic rings. The summed E-state index contributed by atoms with van der Waals surface area (Å²) in [5.41, 5.74) is 3.70. The molecule has 6 heteroatoms. The Hall–Kier alpha value is -1.89. The number of nitrogens with one attached hydrogen (secondary N) is 1. The predicted octanol–water partition coefficient (Wildman–Crippen LogP) is 1.63. The zero-order valence-electron chi connectivity index (χ0n) is 15.8. The van der Waals surface area contributed by atoms with Crippen LogP contribution in [0.2, 0.25) is 0 Å². The zero-order valence-corrected chi connectivity index (χ0v) is 15.8. The van der Waals surface area contributed by atoms with Gasteiger partial charge in [-0.3, -0.25) is 4.79 Å². The van der Waals surface area contributed by atoms with Crippen LogP contribution >= 0.6 is 0 Å². The molecular weight excluding hydrogens is 330 g/mol. The Kier molecular flexibility index (Phi) is 4.50. The summed E-state index contributed by atoms with van der Waals surface area (Å²) in [5.74, 6) is 0.0764. The molecule has 0 radical (unpaired) electrons. The minimum atomic E-state index is -0.446.